The Balaban J connectivity index is 2.27. The van der Waals surface area contributed by atoms with E-state index < -0.39 is 9.84 Å². The predicted octanol–water partition coefficient (Wildman–Crippen LogP) is 3.67. The van der Waals surface area contributed by atoms with Crippen LogP contribution < -0.4 is 5.32 Å². The minimum Gasteiger partial charge on any atom is -0.313 e. The monoisotopic (exact) mass is 329 g/mol. The van der Waals surface area contributed by atoms with Crippen LogP contribution >= 0.6 is 11.6 Å². The fraction of sp³-hybridized carbons (Fsp3) is 0.625. The van der Waals surface area contributed by atoms with E-state index in [-0.39, 0.29) is 11.3 Å². The Hall–Kier alpha value is -0.580. The van der Waals surface area contributed by atoms with Crippen LogP contribution in [0, 0.1) is 5.92 Å². The number of hydrogen-bond donors (Lipinski definition) is 1. The molecule has 3 nitrogen and oxygen atoms in total. The van der Waals surface area contributed by atoms with Gasteiger partial charge < -0.3 is 5.32 Å². The topological polar surface area (TPSA) is 46.2 Å². The summed E-state index contributed by atoms with van der Waals surface area (Å²) in [7, 11) is -3.31. The summed E-state index contributed by atoms with van der Waals surface area (Å²) in [5, 5.41) is 3.65. The molecule has 1 N–H and O–H groups in total. The number of rotatable bonds is 5. The fourth-order valence-corrected chi connectivity index (χ4v) is 5.27. The molecule has 0 bridgehead atoms. The summed E-state index contributed by atoms with van der Waals surface area (Å²) >= 11 is 5.86. The third kappa shape index (κ3) is 3.99. The Kier molecular flexibility index (Phi) is 5.69. The molecule has 1 aliphatic rings. The van der Waals surface area contributed by atoms with Gasteiger partial charge in [-0.05, 0) is 62.4 Å². The Labute approximate surface area is 133 Å². The molecule has 0 aliphatic heterocycles. The van der Waals surface area contributed by atoms with Crippen LogP contribution in [-0.2, 0) is 9.84 Å². The van der Waals surface area contributed by atoms with Crippen LogP contribution in [0.3, 0.4) is 0 Å². The minimum absolute atomic E-state index is 0.0572. The maximum Gasteiger partial charge on any atom is 0.182 e. The first kappa shape index (κ1) is 16.8. The molecule has 1 aromatic carbocycles. The zero-order chi connectivity index (χ0) is 15.5. The van der Waals surface area contributed by atoms with Crippen molar-refractivity contribution in [2.45, 2.75) is 55.7 Å². The van der Waals surface area contributed by atoms with Crippen molar-refractivity contribution in [3.05, 3.63) is 29.3 Å². The van der Waals surface area contributed by atoms with Crippen molar-refractivity contribution in [2.24, 2.45) is 5.92 Å². The molecule has 118 valence electrons. The lowest BCUT2D eigenvalue weighted by atomic mass is 9.87. The lowest BCUT2D eigenvalue weighted by Gasteiger charge is -2.35. The highest BCUT2D eigenvalue weighted by Gasteiger charge is 2.38. The highest BCUT2D eigenvalue weighted by atomic mass is 35.5. The number of nitrogens with one attached hydrogen (secondary N) is 1. The first-order valence-corrected chi connectivity index (χ1v) is 9.60. The number of sulfone groups is 1. The van der Waals surface area contributed by atoms with E-state index in [4.69, 9.17) is 11.6 Å². The molecule has 0 heterocycles. The molecule has 1 aromatic rings. The molecular weight excluding hydrogens is 306 g/mol. The Morgan fingerprint density at radius 2 is 1.90 bits per heavy atom. The first-order valence-electron chi connectivity index (χ1n) is 7.68. The van der Waals surface area contributed by atoms with Crippen LogP contribution in [0.2, 0.25) is 5.02 Å². The summed E-state index contributed by atoms with van der Waals surface area (Å²) in [6.07, 6.45) is 3.76. The molecule has 1 fully saturated rings. The molecule has 0 amide bonds. The maximum atomic E-state index is 12.9. The zero-order valence-corrected chi connectivity index (χ0v) is 14.3. The SMILES string of the molecule is CCCNC1CCC(C)CC1S(=O)(=O)c1ccc(Cl)cc1. The van der Waals surface area contributed by atoms with Gasteiger partial charge in [0.25, 0.3) is 0 Å². The molecule has 5 heteroatoms. The maximum absolute atomic E-state index is 12.9. The molecule has 3 unspecified atom stereocenters. The van der Waals surface area contributed by atoms with E-state index >= 15 is 0 Å². The number of halogens is 1. The van der Waals surface area contributed by atoms with Crippen molar-refractivity contribution in [3.8, 4) is 0 Å². The van der Waals surface area contributed by atoms with Gasteiger partial charge in [0.2, 0.25) is 0 Å². The van der Waals surface area contributed by atoms with Gasteiger partial charge >= 0.3 is 0 Å². The van der Waals surface area contributed by atoms with E-state index in [1.807, 2.05) is 0 Å². The average Bonchev–Trinajstić information content (AvgIpc) is 2.46. The van der Waals surface area contributed by atoms with Gasteiger partial charge in [-0.15, -0.1) is 0 Å². The number of hydrogen-bond acceptors (Lipinski definition) is 3. The van der Waals surface area contributed by atoms with Gasteiger partial charge in [-0.1, -0.05) is 25.4 Å². The second-order valence-corrected chi connectivity index (χ2v) is 8.62. The van der Waals surface area contributed by atoms with Crippen LogP contribution in [0.25, 0.3) is 0 Å². The third-order valence-electron chi connectivity index (χ3n) is 4.25. The van der Waals surface area contributed by atoms with Crippen molar-refractivity contribution in [2.75, 3.05) is 6.54 Å². The molecule has 2 rings (SSSR count). The van der Waals surface area contributed by atoms with E-state index in [0.717, 1.165) is 32.2 Å². The van der Waals surface area contributed by atoms with Gasteiger partial charge in [0.05, 0.1) is 10.1 Å². The molecule has 0 radical (unpaired) electrons. The average molecular weight is 330 g/mol. The van der Waals surface area contributed by atoms with Gasteiger partial charge in [-0.2, -0.15) is 0 Å². The van der Waals surface area contributed by atoms with E-state index in [0.29, 0.717) is 15.8 Å². The van der Waals surface area contributed by atoms with Crippen molar-refractivity contribution >= 4 is 21.4 Å². The van der Waals surface area contributed by atoms with Crippen LogP contribution in [0.15, 0.2) is 29.2 Å². The normalized spacial score (nSPS) is 26.7. The molecule has 1 aliphatic carbocycles. The van der Waals surface area contributed by atoms with E-state index in [1.54, 1.807) is 24.3 Å². The van der Waals surface area contributed by atoms with Crippen molar-refractivity contribution < 1.29 is 8.42 Å². The van der Waals surface area contributed by atoms with Gasteiger partial charge in [0, 0.05) is 11.1 Å². The Morgan fingerprint density at radius 1 is 1.24 bits per heavy atom. The third-order valence-corrected chi connectivity index (χ3v) is 6.75. The van der Waals surface area contributed by atoms with Gasteiger partial charge in [-0.3, -0.25) is 0 Å². The lowest BCUT2D eigenvalue weighted by Crippen LogP contribution is -2.48. The predicted molar refractivity (Wildman–Crippen MR) is 87.5 cm³/mol. The largest absolute Gasteiger partial charge is 0.313 e. The van der Waals surface area contributed by atoms with Crippen LogP contribution in [-0.4, -0.2) is 26.3 Å². The standard InChI is InChI=1S/C16H24ClNO2S/c1-3-10-18-15-9-4-12(2)11-16(15)21(19,20)14-7-5-13(17)6-8-14/h5-8,12,15-16,18H,3-4,9-11H2,1-2H3. The lowest BCUT2D eigenvalue weighted by molar-refractivity contribution is 0.308. The molecule has 0 aromatic heterocycles. The van der Waals surface area contributed by atoms with Crippen molar-refractivity contribution in [3.63, 3.8) is 0 Å². The summed E-state index contributed by atoms with van der Waals surface area (Å²) in [6, 6.07) is 6.59. The smallest absolute Gasteiger partial charge is 0.182 e. The first-order chi connectivity index (χ1) is 9.95. The molecule has 21 heavy (non-hydrogen) atoms. The van der Waals surface area contributed by atoms with E-state index in [2.05, 4.69) is 19.2 Å². The van der Waals surface area contributed by atoms with Gasteiger partial charge in [-0.25, -0.2) is 8.42 Å². The summed E-state index contributed by atoms with van der Waals surface area (Å²) in [5.74, 6) is 0.455. The van der Waals surface area contributed by atoms with Gasteiger partial charge in [0.15, 0.2) is 9.84 Å². The zero-order valence-electron chi connectivity index (χ0n) is 12.7. The summed E-state index contributed by atoms with van der Waals surface area (Å²) in [6.45, 7) is 5.10. The van der Waals surface area contributed by atoms with Crippen LogP contribution in [0.5, 0.6) is 0 Å². The second kappa shape index (κ2) is 7.12. The van der Waals surface area contributed by atoms with E-state index in [9.17, 15) is 8.42 Å². The number of benzene rings is 1. The second-order valence-electron chi connectivity index (χ2n) is 6.02. The minimum atomic E-state index is -3.31. The molecule has 0 spiro atoms. The quantitative estimate of drug-likeness (QED) is 0.896. The molecule has 3 atom stereocenters. The van der Waals surface area contributed by atoms with Crippen LogP contribution in [0.4, 0.5) is 0 Å². The summed E-state index contributed by atoms with van der Waals surface area (Å²) in [5.41, 5.74) is 0. The highest BCUT2D eigenvalue weighted by Crippen LogP contribution is 2.32. The van der Waals surface area contributed by atoms with Gasteiger partial charge in [0.1, 0.15) is 0 Å². The molecule has 1 saturated carbocycles. The van der Waals surface area contributed by atoms with Crippen LogP contribution in [0.1, 0.15) is 39.5 Å². The fourth-order valence-electron chi connectivity index (χ4n) is 3.03. The van der Waals surface area contributed by atoms with Crippen molar-refractivity contribution in [1.82, 2.24) is 5.32 Å². The molecular formula is C16H24ClNO2S. The highest BCUT2D eigenvalue weighted by molar-refractivity contribution is 7.92. The summed E-state index contributed by atoms with van der Waals surface area (Å²) < 4.78 is 25.9. The summed E-state index contributed by atoms with van der Waals surface area (Å²) in [4.78, 5) is 0.384. The van der Waals surface area contributed by atoms with Crippen molar-refractivity contribution in [1.29, 1.82) is 0 Å². The molecule has 0 saturated heterocycles. The van der Waals surface area contributed by atoms with E-state index in [1.165, 1.54) is 0 Å². The Morgan fingerprint density at radius 3 is 2.52 bits per heavy atom. The Bertz CT molecular complexity index is 554.